The second kappa shape index (κ2) is 6.75. The van der Waals surface area contributed by atoms with E-state index in [0.717, 1.165) is 16.4 Å². The molecule has 0 bridgehead atoms. The van der Waals surface area contributed by atoms with Gasteiger partial charge in [0.1, 0.15) is 21.3 Å². The number of phenolic OH excluding ortho intramolecular Hbond substituents is 1. The first-order valence-corrected chi connectivity index (χ1v) is 10.8. The highest BCUT2D eigenvalue weighted by atomic mass is 32.2. The highest BCUT2D eigenvalue weighted by Gasteiger charge is 2.20. The summed E-state index contributed by atoms with van der Waals surface area (Å²) in [5, 5.41) is 14.3. The van der Waals surface area contributed by atoms with Gasteiger partial charge in [-0.2, -0.15) is 0 Å². The number of thioether (sulfide) groups is 1. The second-order valence-corrected chi connectivity index (χ2v) is 9.41. The van der Waals surface area contributed by atoms with Crippen LogP contribution < -0.4 is 4.72 Å². The van der Waals surface area contributed by atoms with Crippen molar-refractivity contribution in [2.24, 2.45) is 9.98 Å². The Morgan fingerprint density at radius 1 is 1.15 bits per heavy atom. The van der Waals surface area contributed by atoms with Gasteiger partial charge in [-0.1, -0.05) is 42.1 Å². The Morgan fingerprint density at radius 3 is 2.65 bits per heavy atom. The normalized spacial score (nSPS) is 13.9. The van der Waals surface area contributed by atoms with Crippen LogP contribution in [0.3, 0.4) is 0 Å². The standard InChI is InChI=1S/C17H13N3O3S3/c21-17-12-5-2-1-4-11(12)13(8-14(17)25-15-9-18-10-19-15)20-26(22,23)16-6-3-7-24-16/h1-8,10,20-21H,9H2. The van der Waals surface area contributed by atoms with Crippen LogP contribution >= 0.6 is 23.1 Å². The van der Waals surface area contributed by atoms with Gasteiger partial charge in [-0.05, 0) is 17.5 Å². The number of fused-ring (bicyclic) bond motifs is 1. The first kappa shape index (κ1) is 17.1. The average Bonchev–Trinajstić information content (AvgIpc) is 3.33. The molecule has 3 aromatic rings. The van der Waals surface area contributed by atoms with E-state index in [1.54, 1.807) is 47.8 Å². The molecule has 132 valence electrons. The van der Waals surface area contributed by atoms with E-state index >= 15 is 0 Å². The fourth-order valence-electron chi connectivity index (χ4n) is 2.56. The van der Waals surface area contributed by atoms with Crippen molar-refractivity contribution in [3.8, 4) is 5.75 Å². The van der Waals surface area contributed by atoms with E-state index < -0.39 is 10.0 Å². The summed E-state index contributed by atoms with van der Waals surface area (Å²) in [5.41, 5.74) is 0.411. The van der Waals surface area contributed by atoms with E-state index in [0.29, 0.717) is 27.9 Å². The minimum absolute atomic E-state index is 0.0965. The lowest BCUT2D eigenvalue weighted by atomic mass is 10.1. The summed E-state index contributed by atoms with van der Waals surface area (Å²) >= 11 is 2.42. The summed E-state index contributed by atoms with van der Waals surface area (Å²) in [6.07, 6.45) is 1.47. The maximum atomic E-state index is 12.6. The summed E-state index contributed by atoms with van der Waals surface area (Å²) in [6, 6.07) is 12.0. The third-order valence-electron chi connectivity index (χ3n) is 3.72. The maximum Gasteiger partial charge on any atom is 0.271 e. The van der Waals surface area contributed by atoms with E-state index in [-0.39, 0.29) is 9.96 Å². The summed E-state index contributed by atoms with van der Waals surface area (Å²) < 4.78 is 28.1. The fourth-order valence-corrected chi connectivity index (χ4v) is 5.50. The van der Waals surface area contributed by atoms with Crippen LogP contribution in [-0.2, 0) is 10.0 Å². The minimum atomic E-state index is -3.70. The number of nitrogens with zero attached hydrogens (tertiary/aromatic N) is 2. The van der Waals surface area contributed by atoms with Gasteiger partial charge >= 0.3 is 0 Å². The monoisotopic (exact) mass is 403 g/mol. The first-order valence-electron chi connectivity index (χ1n) is 7.58. The lowest BCUT2D eigenvalue weighted by Gasteiger charge is -2.14. The van der Waals surface area contributed by atoms with E-state index in [2.05, 4.69) is 14.7 Å². The molecule has 6 nitrogen and oxygen atoms in total. The molecule has 0 saturated carbocycles. The minimum Gasteiger partial charge on any atom is -0.506 e. The molecule has 0 amide bonds. The van der Waals surface area contributed by atoms with Crippen molar-refractivity contribution in [1.82, 2.24) is 0 Å². The lowest BCUT2D eigenvalue weighted by molar-refractivity contribution is 0.469. The number of thiophene rings is 1. The van der Waals surface area contributed by atoms with E-state index in [9.17, 15) is 13.5 Å². The van der Waals surface area contributed by atoms with Crippen LogP contribution in [0.4, 0.5) is 5.69 Å². The van der Waals surface area contributed by atoms with Crippen molar-refractivity contribution >= 4 is 61.0 Å². The molecule has 0 radical (unpaired) electrons. The predicted octanol–water partition coefficient (Wildman–Crippen LogP) is 3.94. The van der Waals surface area contributed by atoms with E-state index in [1.165, 1.54) is 18.1 Å². The molecule has 2 heterocycles. The predicted molar refractivity (Wildman–Crippen MR) is 107 cm³/mol. The zero-order valence-electron chi connectivity index (χ0n) is 13.3. The second-order valence-electron chi connectivity index (χ2n) is 5.44. The highest BCUT2D eigenvalue weighted by molar-refractivity contribution is 8.14. The Balaban J connectivity index is 1.81. The van der Waals surface area contributed by atoms with E-state index in [1.807, 2.05) is 0 Å². The van der Waals surface area contributed by atoms with Crippen molar-refractivity contribution in [1.29, 1.82) is 0 Å². The molecule has 4 rings (SSSR count). The Labute approximate surface area is 158 Å². The van der Waals surface area contributed by atoms with Crippen molar-refractivity contribution < 1.29 is 13.5 Å². The number of anilines is 1. The number of hydrogen-bond donors (Lipinski definition) is 2. The molecule has 9 heteroatoms. The van der Waals surface area contributed by atoms with Crippen LogP contribution in [-0.4, -0.2) is 31.5 Å². The number of rotatable bonds is 4. The summed E-state index contributed by atoms with van der Waals surface area (Å²) in [4.78, 5) is 8.69. The number of benzene rings is 2. The molecule has 1 aliphatic heterocycles. The SMILES string of the molecule is O=S(=O)(Nc1cc(SC2=NC=NC2)c(O)c2ccccc12)c1cccs1. The Kier molecular flexibility index (Phi) is 4.43. The van der Waals surface area contributed by atoms with Gasteiger partial charge in [0.05, 0.1) is 17.1 Å². The molecule has 0 aliphatic carbocycles. The molecule has 2 N–H and O–H groups in total. The van der Waals surface area contributed by atoms with Gasteiger partial charge in [-0.25, -0.2) is 13.4 Å². The van der Waals surface area contributed by atoms with Crippen molar-refractivity contribution in [3.63, 3.8) is 0 Å². The smallest absolute Gasteiger partial charge is 0.271 e. The number of nitrogens with one attached hydrogen (secondary N) is 1. The van der Waals surface area contributed by atoms with Gasteiger partial charge < -0.3 is 5.11 Å². The molecule has 1 aromatic heterocycles. The average molecular weight is 404 g/mol. The number of phenols is 1. The van der Waals surface area contributed by atoms with Gasteiger partial charge in [0.2, 0.25) is 0 Å². The van der Waals surface area contributed by atoms with Gasteiger partial charge in [0.25, 0.3) is 10.0 Å². The molecule has 0 fully saturated rings. The van der Waals surface area contributed by atoms with Crippen LogP contribution in [0, 0.1) is 0 Å². The Bertz CT molecular complexity index is 1140. The molecular weight excluding hydrogens is 390 g/mol. The largest absolute Gasteiger partial charge is 0.506 e. The molecule has 0 saturated heterocycles. The number of sulfonamides is 1. The van der Waals surface area contributed by atoms with Crippen LogP contribution in [0.2, 0.25) is 0 Å². The van der Waals surface area contributed by atoms with Gasteiger partial charge in [-0.15, -0.1) is 11.3 Å². The summed E-state index contributed by atoms with van der Waals surface area (Å²) in [7, 11) is -3.70. The third-order valence-corrected chi connectivity index (χ3v) is 7.49. The molecule has 1 aliphatic rings. The number of aliphatic imine (C=N–C) groups is 2. The first-order chi connectivity index (χ1) is 12.5. The Morgan fingerprint density at radius 2 is 1.96 bits per heavy atom. The van der Waals surface area contributed by atoms with Gasteiger partial charge in [-0.3, -0.25) is 9.71 Å². The highest BCUT2D eigenvalue weighted by Crippen LogP contribution is 2.41. The van der Waals surface area contributed by atoms with Crippen LogP contribution in [0.15, 0.2) is 66.9 Å². The maximum absolute atomic E-state index is 12.6. The fraction of sp³-hybridized carbons (Fsp3) is 0.0588. The van der Waals surface area contributed by atoms with Crippen molar-refractivity contribution in [3.05, 3.63) is 47.8 Å². The molecule has 26 heavy (non-hydrogen) atoms. The third kappa shape index (κ3) is 3.20. The van der Waals surface area contributed by atoms with Crippen LogP contribution in [0.1, 0.15) is 0 Å². The van der Waals surface area contributed by atoms with Gasteiger partial charge in [0, 0.05) is 10.8 Å². The summed E-state index contributed by atoms with van der Waals surface area (Å²) in [5.74, 6) is 0.0965. The molecule has 0 atom stereocenters. The molecule has 2 aromatic carbocycles. The van der Waals surface area contributed by atoms with E-state index in [4.69, 9.17) is 0 Å². The quantitative estimate of drug-likeness (QED) is 0.646. The van der Waals surface area contributed by atoms with Crippen molar-refractivity contribution in [2.45, 2.75) is 9.10 Å². The zero-order valence-corrected chi connectivity index (χ0v) is 15.7. The lowest BCUT2D eigenvalue weighted by Crippen LogP contribution is -2.12. The summed E-state index contributed by atoms with van der Waals surface area (Å²) in [6.45, 7) is 0.452. The molecule has 0 spiro atoms. The van der Waals surface area contributed by atoms with Crippen LogP contribution in [0.5, 0.6) is 5.75 Å². The van der Waals surface area contributed by atoms with Gasteiger partial charge in [0.15, 0.2) is 0 Å². The number of hydrogen-bond acceptors (Lipinski definition) is 7. The topological polar surface area (TPSA) is 91.1 Å². The van der Waals surface area contributed by atoms with Crippen molar-refractivity contribution in [2.75, 3.05) is 11.3 Å². The zero-order chi connectivity index (χ0) is 18.1. The number of aromatic hydroxyl groups is 1. The van der Waals surface area contributed by atoms with Crippen LogP contribution in [0.25, 0.3) is 10.8 Å². The molecular formula is C17H13N3O3S3. The Hall–Kier alpha value is -2.36. The molecule has 0 unspecified atom stereocenters.